The predicted molar refractivity (Wildman–Crippen MR) is 78.6 cm³/mol. The first-order chi connectivity index (χ1) is 10.1. The van der Waals surface area contributed by atoms with Gasteiger partial charge in [-0.15, -0.1) is 0 Å². The molecule has 6 nitrogen and oxygen atoms in total. The molecular formula is C15H21N3O3. The summed E-state index contributed by atoms with van der Waals surface area (Å²) in [6.07, 6.45) is 0.896. The van der Waals surface area contributed by atoms with Crippen LogP contribution in [0.15, 0.2) is 24.3 Å². The number of hydrogen-bond donors (Lipinski definition) is 2. The molecule has 1 atom stereocenters. The van der Waals surface area contributed by atoms with Crippen LogP contribution < -0.4 is 15.8 Å². The monoisotopic (exact) mass is 291 g/mol. The lowest BCUT2D eigenvalue weighted by atomic mass is 10.2. The number of nitrogens with two attached hydrogens (primary N) is 1. The number of benzene rings is 1. The van der Waals surface area contributed by atoms with Crippen molar-refractivity contribution >= 4 is 11.8 Å². The third-order valence-electron chi connectivity index (χ3n) is 3.54. The summed E-state index contributed by atoms with van der Waals surface area (Å²) in [5, 5.41) is 2.73. The highest BCUT2D eigenvalue weighted by atomic mass is 16.5. The molecule has 1 unspecified atom stereocenters. The van der Waals surface area contributed by atoms with E-state index in [0.29, 0.717) is 26.1 Å². The fourth-order valence-corrected chi connectivity index (χ4v) is 2.38. The van der Waals surface area contributed by atoms with E-state index in [4.69, 9.17) is 10.5 Å². The lowest BCUT2D eigenvalue weighted by Gasteiger charge is -2.17. The van der Waals surface area contributed by atoms with Crippen molar-refractivity contribution < 1.29 is 14.3 Å². The third kappa shape index (κ3) is 3.95. The minimum atomic E-state index is -0.415. The summed E-state index contributed by atoms with van der Waals surface area (Å²) in [5.41, 5.74) is 6.36. The van der Waals surface area contributed by atoms with Crippen molar-refractivity contribution in [2.75, 3.05) is 20.2 Å². The van der Waals surface area contributed by atoms with Gasteiger partial charge >= 0.3 is 0 Å². The zero-order chi connectivity index (χ0) is 15.2. The van der Waals surface area contributed by atoms with Gasteiger partial charge < -0.3 is 20.7 Å². The van der Waals surface area contributed by atoms with E-state index < -0.39 is 6.04 Å². The van der Waals surface area contributed by atoms with E-state index in [0.717, 1.165) is 11.3 Å². The fraction of sp³-hybridized carbons (Fsp3) is 0.467. The van der Waals surface area contributed by atoms with Crippen molar-refractivity contribution in [2.45, 2.75) is 25.4 Å². The minimum absolute atomic E-state index is 0.0313. The van der Waals surface area contributed by atoms with E-state index in [2.05, 4.69) is 5.32 Å². The number of carbonyl (C=O) groups is 2. The van der Waals surface area contributed by atoms with Crippen LogP contribution in [0.1, 0.15) is 18.4 Å². The molecule has 0 spiro atoms. The molecule has 21 heavy (non-hydrogen) atoms. The van der Waals surface area contributed by atoms with Gasteiger partial charge in [0, 0.05) is 26.1 Å². The molecule has 2 rings (SSSR count). The standard InChI is InChI=1S/C15H21N3O3/c1-21-12-4-2-11(3-5-12)10-18-9-7-13(15(18)20)17-14(19)6-8-16/h2-5,13H,6-10,16H2,1H3,(H,17,19). The maximum atomic E-state index is 12.2. The van der Waals surface area contributed by atoms with Crippen molar-refractivity contribution in [3.63, 3.8) is 0 Å². The third-order valence-corrected chi connectivity index (χ3v) is 3.54. The molecule has 1 aromatic carbocycles. The average Bonchev–Trinajstić information content (AvgIpc) is 2.81. The molecule has 0 aliphatic carbocycles. The molecule has 0 bridgehead atoms. The Kier molecular flexibility index (Phi) is 5.16. The Morgan fingerprint density at radius 2 is 2.14 bits per heavy atom. The van der Waals surface area contributed by atoms with Crippen LogP contribution in [0.5, 0.6) is 5.75 Å². The summed E-state index contributed by atoms with van der Waals surface area (Å²) < 4.78 is 5.11. The lowest BCUT2D eigenvalue weighted by Crippen LogP contribution is -2.41. The van der Waals surface area contributed by atoms with Crippen molar-refractivity contribution in [3.8, 4) is 5.75 Å². The molecule has 1 fully saturated rings. The number of likely N-dealkylation sites (tertiary alicyclic amines) is 1. The molecule has 1 aromatic rings. The molecule has 0 radical (unpaired) electrons. The van der Waals surface area contributed by atoms with Crippen LogP contribution in [0.25, 0.3) is 0 Å². The summed E-state index contributed by atoms with van der Waals surface area (Å²) in [7, 11) is 1.62. The van der Waals surface area contributed by atoms with E-state index in [1.165, 1.54) is 0 Å². The molecule has 114 valence electrons. The molecule has 2 amide bonds. The smallest absolute Gasteiger partial charge is 0.245 e. The molecule has 0 aromatic heterocycles. The maximum Gasteiger partial charge on any atom is 0.245 e. The van der Waals surface area contributed by atoms with Gasteiger partial charge in [0.25, 0.3) is 0 Å². The first-order valence-electron chi connectivity index (χ1n) is 7.05. The maximum absolute atomic E-state index is 12.2. The Labute approximate surface area is 124 Å². The van der Waals surface area contributed by atoms with Gasteiger partial charge in [-0.2, -0.15) is 0 Å². The summed E-state index contributed by atoms with van der Waals surface area (Å²) in [5.74, 6) is 0.594. The number of nitrogens with zero attached hydrogens (tertiary/aromatic N) is 1. The van der Waals surface area contributed by atoms with Crippen LogP contribution in [-0.4, -0.2) is 43.0 Å². The fourth-order valence-electron chi connectivity index (χ4n) is 2.38. The van der Waals surface area contributed by atoms with E-state index >= 15 is 0 Å². The number of hydrogen-bond acceptors (Lipinski definition) is 4. The van der Waals surface area contributed by atoms with Crippen molar-refractivity contribution in [1.82, 2.24) is 10.2 Å². The molecule has 1 heterocycles. The quantitative estimate of drug-likeness (QED) is 0.787. The number of ether oxygens (including phenoxy) is 1. The largest absolute Gasteiger partial charge is 0.497 e. The molecule has 6 heteroatoms. The van der Waals surface area contributed by atoms with Crippen LogP contribution in [0.3, 0.4) is 0 Å². The Morgan fingerprint density at radius 3 is 2.76 bits per heavy atom. The van der Waals surface area contributed by atoms with Crippen LogP contribution in [0.4, 0.5) is 0 Å². The van der Waals surface area contributed by atoms with Gasteiger partial charge in [0.1, 0.15) is 11.8 Å². The van der Waals surface area contributed by atoms with Crippen LogP contribution in [0, 0.1) is 0 Å². The lowest BCUT2D eigenvalue weighted by molar-refractivity contribution is -0.133. The van der Waals surface area contributed by atoms with Crippen LogP contribution in [0.2, 0.25) is 0 Å². The zero-order valence-corrected chi connectivity index (χ0v) is 12.2. The number of carbonyl (C=O) groups excluding carboxylic acids is 2. The average molecular weight is 291 g/mol. The molecular weight excluding hydrogens is 270 g/mol. The Balaban J connectivity index is 1.90. The minimum Gasteiger partial charge on any atom is -0.497 e. The van der Waals surface area contributed by atoms with Gasteiger partial charge in [0.15, 0.2) is 0 Å². The normalized spacial score (nSPS) is 17.9. The van der Waals surface area contributed by atoms with Gasteiger partial charge in [-0.05, 0) is 24.1 Å². The molecule has 1 saturated heterocycles. The highest BCUT2D eigenvalue weighted by Crippen LogP contribution is 2.17. The Morgan fingerprint density at radius 1 is 1.43 bits per heavy atom. The van der Waals surface area contributed by atoms with E-state index in [-0.39, 0.29) is 18.2 Å². The topological polar surface area (TPSA) is 84.7 Å². The zero-order valence-electron chi connectivity index (χ0n) is 12.2. The number of methoxy groups -OCH3 is 1. The second-order valence-corrected chi connectivity index (χ2v) is 5.06. The summed E-state index contributed by atoms with van der Waals surface area (Å²) >= 11 is 0. The summed E-state index contributed by atoms with van der Waals surface area (Å²) in [6, 6.07) is 7.20. The SMILES string of the molecule is COc1ccc(CN2CCC(NC(=O)CCN)C2=O)cc1. The van der Waals surface area contributed by atoms with E-state index in [9.17, 15) is 9.59 Å². The second-order valence-electron chi connectivity index (χ2n) is 5.06. The van der Waals surface area contributed by atoms with Gasteiger partial charge in [0.2, 0.25) is 11.8 Å². The van der Waals surface area contributed by atoms with Crippen LogP contribution >= 0.6 is 0 Å². The summed E-state index contributed by atoms with van der Waals surface area (Å²) in [4.78, 5) is 25.5. The highest BCUT2D eigenvalue weighted by molar-refractivity contribution is 5.89. The van der Waals surface area contributed by atoms with Crippen molar-refractivity contribution in [3.05, 3.63) is 29.8 Å². The van der Waals surface area contributed by atoms with E-state index in [1.807, 2.05) is 24.3 Å². The summed E-state index contributed by atoms with van der Waals surface area (Å²) in [6.45, 7) is 1.49. The molecule has 3 N–H and O–H groups in total. The molecule has 1 aliphatic rings. The molecule has 0 saturated carbocycles. The van der Waals surface area contributed by atoms with Crippen LogP contribution in [-0.2, 0) is 16.1 Å². The predicted octanol–water partition coefficient (Wildman–Crippen LogP) is 0.261. The first-order valence-corrected chi connectivity index (χ1v) is 7.05. The number of amides is 2. The van der Waals surface area contributed by atoms with Gasteiger partial charge in [-0.25, -0.2) is 0 Å². The Hall–Kier alpha value is -2.08. The second kappa shape index (κ2) is 7.08. The van der Waals surface area contributed by atoms with Gasteiger partial charge in [-0.3, -0.25) is 9.59 Å². The van der Waals surface area contributed by atoms with E-state index in [1.54, 1.807) is 12.0 Å². The Bertz CT molecular complexity index is 501. The number of nitrogens with one attached hydrogen (secondary N) is 1. The van der Waals surface area contributed by atoms with Crippen molar-refractivity contribution in [1.29, 1.82) is 0 Å². The molecule has 1 aliphatic heterocycles. The first kappa shape index (κ1) is 15.3. The number of rotatable bonds is 6. The highest BCUT2D eigenvalue weighted by Gasteiger charge is 2.32. The van der Waals surface area contributed by atoms with Crippen molar-refractivity contribution in [2.24, 2.45) is 5.73 Å². The van der Waals surface area contributed by atoms with Gasteiger partial charge in [-0.1, -0.05) is 12.1 Å². The van der Waals surface area contributed by atoms with Gasteiger partial charge in [0.05, 0.1) is 7.11 Å².